The largest absolute Gasteiger partial charge is 0.388 e. The molecule has 1 fully saturated rings. The molecule has 1 aliphatic heterocycles. The zero-order valence-electron chi connectivity index (χ0n) is 13.6. The number of aromatic amines is 1. The summed E-state index contributed by atoms with van der Waals surface area (Å²) in [5.41, 5.74) is 0.875. The summed E-state index contributed by atoms with van der Waals surface area (Å²) in [6.45, 7) is 3.11. The Labute approximate surface area is 145 Å². The molecule has 1 aliphatic rings. The lowest BCUT2D eigenvalue weighted by atomic mass is 9.87. The fraction of sp³-hybridized carbons (Fsp3) is 0.471. The predicted molar refractivity (Wildman–Crippen MR) is 90.5 cm³/mol. The third-order valence-corrected chi connectivity index (χ3v) is 4.76. The van der Waals surface area contributed by atoms with Crippen molar-refractivity contribution in [2.45, 2.75) is 32.3 Å². The number of benzene rings is 1. The van der Waals surface area contributed by atoms with Gasteiger partial charge < -0.3 is 10.0 Å². The molecule has 2 N–H and O–H groups in total. The summed E-state index contributed by atoms with van der Waals surface area (Å²) in [6, 6.07) is 7.29. The quantitative estimate of drug-likeness (QED) is 0.888. The second-order valence-corrected chi connectivity index (χ2v) is 6.66. The Morgan fingerprint density at radius 3 is 2.62 bits per heavy atom. The molecular weight excluding hydrogens is 328 g/mol. The first-order valence-electron chi connectivity index (χ1n) is 8.12. The SMILES string of the molecule is Cc1nc(CC(=O)N2CCC(C(O)c3ccc(Cl)cc3)CC2)n[nH]1. The van der Waals surface area contributed by atoms with Crippen LogP contribution in [0.15, 0.2) is 24.3 Å². The highest BCUT2D eigenvalue weighted by Crippen LogP contribution is 2.31. The van der Waals surface area contributed by atoms with Crippen LogP contribution >= 0.6 is 11.6 Å². The number of hydrogen-bond donors (Lipinski definition) is 2. The summed E-state index contributed by atoms with van der Waals surface area (Å²) in [4.78, 5) is 18.3. The zero-order chi connectivity index (χ0) is 17.1. The molecule has 1 atom stereocenters. The van der Waals surface area contributed by atoms with Crippen molar-refractivity contribution in [3.05, 3.63) is 46.5 Å². The molecule has 1 aromatic carbocycles. The molecule has 1 amide bonds. The van der Waals surface area contributed by atoms with E-state index in [4.69, 9.17) is 11.6 Å². The third kappa shape index (κ3) is 3.94. The minimum atomic E-state index is -0.518. The summed E-state index contributed by atoms with van der Waals surface area (Å²) in [5.74, 6) is 1.43. The number of hydrogen-bond acceptors (Lipinski definition) is 4. The molecule has 3 rings (SSSR count). The number of H-pyrrole nitrogens is 1. The Balaban J connectivity index is 1.53. The molecule has 0 spiro atoms. The predicted octanol–water partition coefficient (Wildman–Crippen LogP) is 2.28. The molecule has 2 aromatic rings. The lowest BCUT2D eigenvalue weighted by Crippen LogP contribution is -2.40. The number of aliphatic hydroxyl groups excluding tert-OH is 1. The first-order chi connectivity index (χ1) is 11.5. The highest BCUT2D eigenvalue weighted by Gasteiger charge is 2.28. The standard InChI is InChI=1S/C17H21ClN4O2/c1-11-19-15(21-20-11)10-16(23)22-8-6-13(7-9-22)17(24)12-2-4-14(18)5-3-12/h2-5,13,17,24H,6-10H2,1H3,(H,19,20,21). The van der Waals surface area contributed by atoms with Crippen molar-refractivity contribution in [3.8, 4) is 0 Å². The summed E-state index contributed by atoms with van der Waals surface area (Å²) < 4.78 is 0. The summed E-state index contributed by atoms with van der Waals surface area (Å²) in [6.07, 6.45) is 1.26. The number of likely N-dealkylation sites (tertiary alicyclic amines) is 1. The highest BCUT2D eigenvalue weighted by molar-refractivity contribution is 6.30. The summed E-state index contributed by atoms with van der Waals surface area (Å²) in [5, 5.41) is 17.9. The molecule has 24 heavy (non-hydrogen) atoms. The van der Waals surface area contributed by atoms with Crippen LogP contribution in [0.1, 0.15) is 36.2 Å². The molecule has 7 heteroatoms. The Morgan fingerprint density at radius 2 is 2.04 bits per heavy atom. The van der Waals surface area contributed by atoms with Crippen LogP contribution in [0.5, 0.6) is 0 Å². The van der Waals surface area contributed by atoms with Crippen LogP contribution in [0.25, 0.3) is 0 Å². The molecule has 6 nitrogen and oxygen atoms in total. The number of nitrogens with one attached hydrogen (secondary N) is 1. The van der Waals surface area contributed by atoms with Gasteiger partial charge in [-0.2, -0.15) is 5.10 Å². The van der Waals surface area contributed by atoms with Gasteiger partial charge in [-0.1, -0.05) is 23.7 Å². The Morgan fingerprint density at radius 1 is 1.38 bits per heavy atom. The Kier molecular flexibility index (Phi) is 5.16. The van der Waals surface area contributed by atoms with Gasteiger partial charge in [0, 0.05) is 18.1 Å². The van der Waals surface area contributed by atoms with E-state index in [-0.39, 0.29) is 18.2 Å². The van der Waals surface area contributed by atoms with Crippen LogP contribution in [-0.4, -0.2) is 44.2 Å². The van der Waals surface area contributed by atoms with Gasteiger partial charge in [0.15, 0.2) is 5.82 Å². The van der Waals surface area contributed by atoms with Crippen LogP contribution in [0.4, 0.5) is 0 Å². The third-order valence-electron chi connectivity index (χ3n) is 4.50. The van der Waals surface area contributed by atoms with Gasteiger partial charge in [0.1, 0.15) is 5.82 Å². The Hall–Kier alpha value is -1.92. The number of aryl methyl sites for hydroxylation is 1. The number of amides is 1. The number of aromatic nitrogens is 3. The van der Waals surface area contributed by atoms with Crippen molar-refractivity contribution in [2.24, 2.45) is 5.92 Å². The van der Waals surface area contributed by atoms with Crippen molar-refractivity contribution < 1.29 is 9.90 Å². The van der Waals surface area contributed by atoms with Crippen LogP contribution in [0.2, 0.25) is 5.02 Å². The molecule has 1 unspecified atom stereocenters. The van der Waals surface area contributed by atoms with Crippen LogP contribution in [-0.2, 0) is 11.2 Å². The zero-order valence-corrected chi connectivity index (χ0v) is 14.3. The average molecular weight is 349 g/mol. The van der Waals surface area contributed by atoms with Crippen molar-refractivity contribution in [2.75, 3.05) is 13.1 Å². The lowest BCUT2D eigenvalue weighted by molar-refractivity contribution is -0.132. The van der Waals surface area contributed by atoms with E-state index in [2.05, 4.69) is 15.2 Å². The van der Waals surface area contributed by atoms with Gasteiger partial charge in [-0.25, -0.2) is 4.98 Å². The molecule has 1 aromatic heterocycles. The maximum absolute atomic E-state index is 12.3. The van der Waals surface area contributed by atoms with Gasteiger partial charge in [0.25, 0.3) is 0 Å². The van der Waals surface area contributed by atoms with E-state index in [1.54, 1.807) is 12.1 Å². The van der Waals surface area contributed by atoms with E-state index in [9.17, 15) is 9.90 Å². The van der Waals surface area contributed by atoms with Gasteiger partial charge in [-0.15, -0.1) is 0 Å². The minimum Gasteiger partial charge on any atom is -0.388 e. The van der Waals surface area contributed by atoms with E-state index in [0.717, 1.165) is 18.4 Å². The molecule has 0 bridgehead atoms. The van der Waals surface area contributed by atoms with Gasteiger partial charge in [-0.3, -0.25) is 9.89 Å². The molecule has 0 saturated carbocycles. The second kappa shape index (κ2) is 7.32. The topological polar surface area (TPSA) is 82.1 Å². The molecule has 0 radical (unpaired) electrons. The molecule has 0 aliphatic carbocycles. The fourth-order valence-corrected chi connectivity index (χ4v) is 3.24. The van der Waals surface area contributed by atoms with Crippen LogP contribution in [0.3, 0.4) is 0 Å². The lowest BCUT2D eigenvalue weighted by Gasteiger charge is -2.34. The van der Waals surface area contributed by atoms with E-state index < -0.39 is 6.10 Å². The van der Waals surface area contributed by atoms with Crippen LogP contribution < -0.4 is 0 Å². The number of carbonyl (C=O) groups excluding carboxylic acids is 1. The number of carbonyl (C=O) groups is 1. The Bertz CT molecular complexity index is 693. The van der Waals surface area contributed by atoms with Gasteiger partial charge in [0.2, 0.25) is 5.91 Å². The molecule has 1 saturated heterocycles. The molecular formula is C17H21ClN4O2. The van der Waals surface area contributed by atoms with Gasteiger partial charge >= 0.3 is 0 Å². The maximum atomic E-state index is 12.3. The number of nitrogens with zero attached hydrogens (tertiary/aromatic N) is 3. The van der Waals surface area contributed by atoms with Crippen molar-refractivity contribution >= 4 is 17.5 Å². The molecule has 2 heterocycles. The van der Waals surface area contributed by atoms with E-state index in [1.165, 1.54) is 0 Å². The number of halogens is 1. The number of piperidine rings is 1. The molecule has 128 valence electrons. The maximum Gasteiger partial charge on any atom is 0.230 e. The van der Waals surface area contributed by atoms with E-state index in [0.29, 0.717) is 29.8 Å². The van der Waals surface area contributed by atoms with E-state index in [1.807, 2.05) is 24.0 Å². The van der Waals surface area contributed by atoms with Crippen molar-refractivity contribution in [1.82, 2.24) is 20.1 Å². The van der Waals surface area contributed by atoms with Crippen molar-refractivity contribution in [3.63, 3.8) is 0 Å². The van der Waals surface area contributed by atoms with Crippen LogP contribution in [0, 0.1) is 12.8 Å². The minimum absolute atomic E-state index is 0.0356. The first kappa shape index (κ1) is 16.9. The smallest absolute Gasteiger partial charge is 0.230 e. The van der Waals surface area contributed by atoms with E-state index >= 15 is 0 Å². The average Bonchev–Trinajstić information content (AvgIpc) is 3.00. The normalized spacial score (nSPS) is 17.0. The monoisotopic (exact) mass is 348 g/mol. The van der Waals surface area contributed by atoms with Gasteiger partial charge in [0.05, 0.1) is 12.5 Å². The second-order valence-electron chi connectivity index (χ2n) is 6.23. The van der Waals surface area contributed by atoms with Crippen molar-refractivity contribution in [1.29, 1.82) is 0 Å². The number of rotatable bonds is 4. The summed E-state index contributed by atoms with van der Waals surface area (Å²) >= 11 is 5.89. The fourth-order valence-electron chi connectivity index (χ4n) is 3.11. The number of aliphatic hydroxyl groups is 1. The highest BCUT2D eigenvalue weighted by atomic mass is 35.5. The summed E-state index contributed by atoms with van der Waals surface area (Å²) in [7, 11) is 0. The van der Waals surface area contributed by atoms with Gasteiger partial charge in [-0.05, 0) is 43.4 Å². The first-order valence-corrected chi connectivity index (χ1v) is 8.50.